The fourth-order valence-electron chi connectivity index (χ4n) is 2.37. The average Bonchev–Trinajstić information content (AvgIpc) is 2.55. The Bertz CT molecular complexity index is 759. The van der Waals surface area contributed by atoms with Crippen molar-refractivity contribution < 1.29 is 17.9 Å². The third kappa shape index (κ3) is 2.90. The molecule has 0 fully saturated rings. The van der Waals surface area contributed by atoms with Gasteiger partial charge < -0.3 is 9.47 Å². The van der Waals surface area contributed by atoms with Crippen molar-refractivity contribution in [2.75, 3.05) is 13.7 Å². The van der Waals surface area contributed by atoms with Crippen LogP contribution < -0.4 is 14.2 Å². The van der Waals surface area contributed by atoms with Crippen LogP contribution in [0.5, 0.6) is 11.6 Å². The molecule has 22 heavy (non-hydrogen) atoms. The van der Waals surface area contributed by atoms with E-state index in [1.807, 2.05) is 24.3 Å². The van der Waals surface area contributed by atoms with E-state index >= 15 is 0 Å². The minimum atomic E-state index is -3.65. The SMILES string of the molecule is COc1ccc(S(=O)(=O)NC2CCOc3ccccc32)cn1. The van der Waals surface area contributed by atoms with Crippen molar-refractivity contribution in [1.82, 2.24) is 9.71 Å². The van der Waals surface area contributed by atoms with E-state index < -0.39 is 10.0 Å². The number of ether oxygens (including phenoxy) is 2. The van der Waals surface area contributed by atoms with E-state index in [0.717, 1.165) is 5.56 Å². The van der Waals surface area contributed by atoms with E-state index in [2.05, 4.69) is 9.71 Å². The van der Waals surface area contributed by atoms with Gasteiger partial charge in [0.15, 0.2) is 0 Å². The lowest BCUT2D eigenvalue weighted by atomic mass is 10.0. The van der Waals surface area contributed by atoms with Gasteiger partial charge in [-0.15, -0.1) is 0 Å². The zero-order chi connectivity index (χ0) is 15.6. The van der Waals surface area contributed by atoms with Crippen LogP contribution in [-0.2, 0) is 10.0 Å². The van der Waals surface area contributed by atoms with Crippen LogP contribution in [0.25, 0.3) is 0 Å². The summed E-state index contributed by atoms with van der Waals surface area (Å²) >= 11 is 0. The van der Waals surface area contributed by atoms with Gasteiger partial charge in [0.1, 0.15) is 10.6 Å². The number of para-hydroxylation sites is 1. The molecule has 6 nitrogen and oxygen atoms in total. The van der Waals surface area contributed by atoms with Crippen LogP contribution in [0.1, 0.15) is 18.0 Å². The molecule has 0 amide bonds. The highest BCUT2D eigenvalue weighted by Crippen LogP contribution is 2.32. The number of rotatable bonds is 4. The lowest BCUT2D eigenvalue weighted by Crippen LogP contribution is -2.32. The minimum absolute atomic E-state index is 0.109. The molecule has 1 aliphatic heterocycles. The molecule has 3 rings (SSSR count). The fraction of sp³-hybridized carbons (Fsp3) is 0.267. The third-order valence-corrected chi connectivity index (χ3v) is 4.94. The highest BCUT2D eigenvalue weighted by Gasteiger charge is 2.26. The van der Waals surface area contributed by atoms with E-state index in [1.165, 1.54) is 25.4 Å². The first-order valence-corrected chi connectivity index (χ1v) is 8.32. The zero-order valence-corrected chi connectivity index (χ0v) is 12.8. The van der Waals surface area contributed by atoms with Gasteiger partial charge in [0.2, 0.25) is 15.9 Å². The van der Waals surface area contributed by atoms with E-state index in [1.54, 1.807) is 0 Å². The summed E-state index contributed by atoms with van der Waals surface area (Å²) in [5.74, 6) is 1.09. The summed E-state index contributed by atoms with van der Waals surface area (Å²) in [7, 11) is -2.17. The summed E-state index contributed by atoms with van der Waals surface area (Å²) in [5, 5.41) is 0. The van der Waals surface area contributed by atoms with Gasteiger partial charge in [0, 0.05) is 18.1 Å². The second-order valence-electron chi connectivity index (χ2n) is 4.89. The van der Waals surface area contributed by atoms with Gasteiger partial charge in [-0.05, 0) is 12.1 Å². The summed E-state index contributed by atoms with van der Waals surface area (Å²) in [6, 6.07) is 10.1. The number of benzene rings is 1. The number of nitrogens with zero attached hydrogens (tertiary/aromatic N) is 1. The Labute approximate surface area is 129 Å². The summed E-state index contributed by atoms with van der Waals surface area (Å²) in [4.78, 5) is 4.04. The molecule has 0 spiro atoms. The normalized spacial score (nSPS) is 17.4. The number of hydrogen-bond acceptors (Lipinski definition) is 5. The maximum atomic E-state index is 12.5. The number of pyridine rings is 1. The van der Waals surface area contributed by atoms with Crippen molar-refractivity contribution in [3.63, 3.8) is 0 Å². The Morgan fingerprint density at radius 3 is 2.82 bits per heavy atom. The lowest BCUT2D eigenvalue weighted by molar-refractivity contribution is 0.263. The summed E-state index contributed by atoms with van der Waals surface area (Å²) < 4.78 is 38.1. The Balaban J connectivity index is 1.86. The molecule has 0 saturated carbocycles. The zero-order valence-electron chi connectivity index (χ0n) is 12.0. The molecule has 1 aromatic heterocycles. The molecule has 1 aromatic carbocycles. The largest absolute Gasteiger partial charge is 0.493 e. The number of aromatic nitrogens is 1. The molecule has 7 heteroatoms. The maximum Gasteiger partial charge on any atom is 0.242 e. The van der Waals surface area contributed by atoms with Crippen molar-refractivity contribution in [1.29, 1.82) is 0 Å². The van der Waals surface area contributed by atoms with Gasteiger partial charge in [0.25, 0.3) is 0 Å². The first-order chi connectivity index (χ1) is 10.6. The Morgan fingerprint density at radius 1 is 1.27 bits per heavy atom. The van der Waals surface area contributed by atoms with Crippen LogP contribution in [0.3, 0.4) is 0 Å². The van der Waals surface area contributed by atoms with Crippen molar-refractivity contribution in [2.24, 2.45) is 0 Å². The van der Waals surface area contributed by atoms with E-state index in [-0.39, 0.29) is 10.9 Å². The highest BCUT2D eigenvalue weighted by atomic mass is 32.2. The fourth-order valence-corrected chi connectivity index (χ4v) is 3.56. The van der Waals surface area contributed by atoms with Crippen LogP contribution in [0.15, 0.2) is 47.5 Å². The van der Waals surface area contributed by atoms with Gasteiger partial charge in [-0.25, -0.2) is 18.1 Å². The number of fused-ring (bicyclic) bond motifs is 1. The molecular weight excluding hydrogens is 304 g/mol. The minimum Gasteiger partial charge on any atom is -0.493 e. The number of sulfonamides is 1. The molecule has 2 heterocycles. The molecule has 0 saturated heterocycles. The van der Waals surface area contributed by atoms with Gasteiger partial charge in [-0.3, -0.25) is 0 Å². The predicted molar refractivity (Wildman–Crippen MR) is 80.4 cm³/mol. The molecule has 1 N–H and O–H groups in total. The van der Waals surface area contributed by atoms with Crippen molar-refractivity contribution in [3.8, 4) is 11.6 Å². The standard InChI is InChI=1S/C15H16N2O4S/c1-20-15-7-6-11(10-16-15)22(18,19)17-13-8-9-21-14-5-3-2-4-12(13)14/h2-7,10,13,17H,8-9H2,1H3. The topological polar surface area (TPSA) is 77.5 Å². The average molecular weight is 320 g/mol. The van der Waals surface area contributed by atoms with Crippen LogP contribution in [0.4, 0.5) is 0 Å². The van der Waals surface area contributed by atoms with Gasteiger partial charge in [-0.2, -0.15) is 0 Å². The molecule has 0 radical (unpaired) electrons. The lowest BCUT2D eigenvalue weighted by Gasteiger charge is -2.26. The smallest absolute Gasteiger partial charge is 0.242 e. The molecular formula is C15H16N2O4S. The maximum absolute atomic E-state index is 12.5. The Morgan fingerprint density at radius 2 is 2.09 bits per heavy atom. The van der Waals surface area contributed by atoms with E-state index in [9.17, 15) is 8.42 Å². The van der Waals surface area contributed by atoms with Gasteiger partial charge in [-0.1, -0.05) is 18.2 Å². The van der Waals surface area contributed by atoms with Crippen LogP contribution in [-0.4, -0.2) is 27.1 Å². The number of hydrogen-bond donors (Lipinski definition) is 1. The molecule has 0 bridgehead atoms. The molecule has 1 atom stereocenters. The summed E-state index contributed by atoms with van der Waals surface area (Å²) in [6.45, 7) is 0.477. The number of methoxy groups -OCH3 is 1. The van der Waals surface area contributed by atoms with Crippen molar-refractivity contribution in [2.45, 2.75) is 17.4 Å². The molecule has 1 aliphatic rings. The first-order valence-electron chi connectivity index (χ1n) is 6.84. The predicted octanol–water partition coefficient (Wildman–Crippen LogP) is 1.89. The first kappa shape index (κ1) is 14.8. The van der Waals surface area contributed by atoms with Crippen LogP contribution in [0, 0.1) is 0 Å². The van der Waals surface area contributed by atoms with Crippen molar-refractivity contribution >= 4 is 10.0 Å². The summed E-state index contributed by atoms with van der Waals surface area (Å²) in [6.07, 6.45) is 1.87. The molecule has 2 aromatic rings. The third-order valence-electron chi connectivity index (χ3n) is 3.48. The quantitative estimate of drug-likeness (QED) is 0.931. The molecule has 116 valence electrons. The van der Waals surface area contributed by atoms with Crippen LogP contribution >= 0.6 is 0 Å². The number of nitrogens with one attached hydrogen (secondary N) is 1. The van der Waals surface area contributed by atoms with Crippen molar-refractivity contribution in [3.05, 3.63) is 48.2 Å². The second kappa shape index (κ2) is 5.94. The van der Waals surface area contributed by atoms with Crippen LogP contribution in [0.2, 0.25) is 0 Å². The second-order valence-corrected chi connectivity index (χ2v) is 6.60. The Hall–Kier alpha value is -2.12. The van der Waals surface area contributed by atoms with Gasteiger partial charge >= 0.3 is 0 Å². The van der Waals surface area contributed by atoms with E-state index in [0.29, 0.717) is 24.7 Å². The monoisotopic (exact) mass is 320 g/mol. The molecule has 1 unspecified atom stereocenters. The van der Waals surface area contributed by atoms with Gasteiger partial charge in [0.05, 0.1) is 26.0 Å². The molecule has 0 aliphatic carbocycles. The van der Waals surface area contributed by atoms with E-state index in [4.69, 9.17) is 9.47 Å². The summed E-state index contributed by atoms with van der Waals surface area (Å²) in [5.41, 5.74) is 0.846. The Kier molecular flexibility index (Phi) is 4.00. The highest BCUT2D eigenvalue weighted by molar-refractivity contribution is 7.89.